The molecule has 2 aromatic heterocycles. The Bertz CT molecular complexity index is 1390. The number of nitrogens with zero attached hydrogens (tertiary/aromatic N) is 3. The summed E-state index contributed by atoms with van der Waals surface area (Å²) < 4.78 is 26.9. The average molecular weight is 449 g/mol. The van der Waals surface area contributed by atoms with Crippen LogP contribution >= 0.6 is 11.3 Å². The molecule has 0 bridgehead atoms. The Hall–Kier alpha value is -3.28. The Morgan fingerprint density at radius 1 is 1.03 bits per heavy atom. The number of thiophene rings is 1. The zero-order valence-electron chi connectivity index (χ0n) is 17.0. The predicted molar refractivity (Wildman–Crippen MR) is 123 cm³/mol. The monoisotopic (exact) mass is 448 g/mol. The van der Waals surface area contributed by atoms with Crippen molar-refractivity contribution in [3.05, 3.63) is 81.7 Å². The maximum atomic E-state index is 13.4. The molecule has 0 amide bonds. The maximum absolute atomic E-state index is 13.4. The number of nitriles is 1. The molecule has 0 saturated carbocycles. The molecule has 4 aromatic rings. The van der Waals surface area contributed by atoms with E-state index < -0.39 is 15.1 Å². The van der Waals surface area contributed by atoms with Gasteiger partial charge in [0.1, 0.15) is 5.69 Å². The van der Waals surface area contributed by atoms with Gasteiger partial charge >= 0.3 is 0 Å². The minimum atomic E-state index is -4.01. The van der Waals surface area contributed by atoms with Gasteiger partial charge in [-0.25, -0.2) is 18.4 Å². The maximum Gasteiger partial charge on any atom is 0.200 e. The van der Waals surface area contributed by atoms with Crippen molar-refractivity contribution >= 4 is 38.0 Å². The number of hydrogen-bond donors (Lipinski definition) is 1. The molecule has 0 spiro atoms. The van der Waals surface area contributed by atoms with Gasteiger partial charge in [0.15, 0.2) is 11.1 Å². The van der Waals surface area contributed by atoms with Crippen molar-refractivity contribution in [2.75, 3.05) is 5.32 Å². The van der Waals surface area contributed by atoms with Gasteiger partial charge in [-0.1, -0.05) is 24.3 Å². The first-order valence-corrected chi connectivity index (χ1v) is 12.1. The van der Waals surface area contributed by atoms with E-state index in [2.05, 4.69) is 15.3 Å². The van der Waals surface area contributed by atoms with E-state index in [1.54, 1.807) is 35.6 Å². The summed E-state index contributed by atoms with van der Waals surface area (Å²) in [5.74, 6) is 0.297. The minimum Gasteiger partial charge on any atom is -0.364 e. The number of rotatable bonds is 6. The molecular formula is C23H20N4O2S2. The van der Waals surface area contributed by atoms with Crippen LogP contribution in [0.25, 0.3) is 11.0 Å². The van der Waals surface area contributed by atoms with Crippen LogP contribution < -0.4 is 5.32 Å². The van der Waals surface area contributed by atoms with Gasteiger partial charge in [0.05, 0.1) is 28.5 Å². The molecule has 1 atom stereocenters. The van der Waals surface area contributed by atoms with Gasteiger partial charge in [-0.15, -0.1) is 11.3 Å². The predicted octanol–water partition coefficient (Wildman–Crippen LogP) is 4.96. The van der Waals surface area contributed by atoms with E-state index in [9.17, 15) is 13.7 Å². The number of benzene rings is 2. The lowest BCUT2D eigenvalue weighted by atomic mass is 10.1. The van der Waals surface area contributed by atoms with Crippen molar-refractivity contribution in [2.45, 2.75) is 30.5 Å². The second-order valence-electron chi connectivity index (χ2n) is 7.18. The highest BCUT2D eigenvalue weighted by molar-refractivity contribution is 7.92. The lowest BCUT2D eigenvalue weighted by Crippen LogP contribution is -2.17. The Morgan fingerprint density at radius 2 is 1.77 bits per heavy atom. The summed E-state index contributed by atoms with van der Waals surface area (Å²) in [6.45, 7) is 4.22. The number of nitrogens with one attached hydrogen (secondary N) is 1. The number of sulfone groups is 1. The zero-order valence-corrected chi connectivity index (χ0v) is 18.7. The summed E-state index contributed by atoms with van der Waals surface area (Å²) in [5, 5.41) is 13.6. The minimum absolute atomic E-state index is 0.0984. The van der Waals surface area contributed by atoms with Crippen LogP contribution in [0.15, 0.2) is 64.9 Å². The van der Waals surface area contributed by atoms with Crippen molar-refractivity contribution in [2.24, 2.45) is 0 Å². The van der Waals surface area contributed by atoms with E-state index in [1.165, 1.54) is 6.07 Å². The van der Waals surface area contributed by atoms with Crippen molar-refractivity contribution in [1.82, 2.24) is 9.97 Å². The molecule has 1 unspecified atom stereocenters. The van der Waals surface area contributed by atoms with Crippen LogP contribution in [0.1, 0.15) is 26.9 Å². The summed E-state index contributed by atoms with van der Waals surface area (Å²) in [6, 6.07) is 18.0. The highest BCUT2D eigenvalue weighted by Gasteiger charge is 2.33. The third-order valence-electron chi connectivity index (χ3n) is 5.09. The Balaban J connectivity index is 1.83. The standard InChI is InChI=1S/C23H20N4O2S2/c1-15-9-10-18(12-16(15)2)31(28,29)21(13-24)22-23(25-14-17-6-5-11-30-17)27-20-8-4-3-7-19(20)26-22/h3-12,21H,14H2,1-2H3,(H,25,27). The van der Waals surface area contributed by atoms with Crippen molar-refractivity contribution in [3.8, 4) is 6.07 Å². The fourth-order valence-corrected chi connectivity index (χ4v) is 5.33. The fourth-order valence-electron chi connectivity index (χ4n) is 3.22. The van der Waals surface area contributed by atoms with E-state index in [-0.39, 0.29) is 10.6 Å². The molecule has 6 nitrogen and oxygen atoms in total. The molecule has 0 aliphatic carbocycles. The molecule has 0 fully saturated rings. The molecule has 8 heteroatoms. The Labute approximate surface area is 185 Å². The van der Waals surface area contributed by atoms with Crippen LogP contribution in [0, 0.1) is 25.2 Å². The van der Waals surface area contributed by atoms with Gasteiger partial charge < -0.3 is 5.32 Å². The largest absolute Gasteiger partial charge is 0.364 e. The zero-order chi connectivity index (χ0) is 22.0. The summed E-state index contributed by atoms with van der Waals surface area (Å²) in [6.07, 6.45) is 0. The van der Waals surface area contributed by atoms with Crippen LogP contribution in [-0.2, 0) is 16.4 Å². The van der Waals surface area contributed by atoms with Gasteiger partial charge in [-0.05, 0) is 60.7 Å². The fraction of sp³-hybridized carbons (Fsp3) is 0.174. The van der Waals surface area contributed by atoms with Crippen molar-refractivity contribution in [3.63, 3.8) is 0 Å². The quantitative estimate of drug-likeness (QED) is 0.448. The highest BCUT2D eigenvalue weighted by atomic mass is 32.2. The first kappa shape index (κ1) is 21.0. The molecule has 2 aromatic carbocycles. The van der Waals surface area contributed by atoms with Crippen LogP contribution in [0.3, 0.4) is 0 Å². The number of anilines is 1. The first-order valence-electron chi connectivity index (χ1n) is 9.64. The summed E-state index contributed by atoms with van der Waals surface area (Å²) in [7, 11) is -4.01. The van der Waals surface area contributed by atoms with Crippen LogP contribution in [-0.4, -0.2) is 18.4 Å². The number of para-hydroxylation sites is 2. The summed E-state index contributed by atoms with van der Waals surface area (Å²) >= 11 is 1.58. The second kappa shape index (κ2) is 8.46. The van der Waals surface area contributed by atoms with Crippen LogP contribution in [0.4, 0.5) is 5.82 Å². The number of hydrogen-bond acceptors (Lipinski definition) is 7. The summed E-state index contributed by atoms with van der Waals surface area (Å²) in [4.78, 5) is 10.3. The topological polar surface area (TPSA) is 95.7 Å². The van der Waals surface area contributed by atoms with E-state index in [1.807, 2.05) is 49.6 Å². The van der Waals surface area contributed by atoms with E-state index in [4.69, 9.17) is 0 Å². The van der Waals surface area contributed by atoms with Gasteiger partial charge in [-0.2, -0.15) is 5.26 Å². The van der Waals surface area contributed by atoms with Crippen molar-refractivity contribution in [1.29, 1.82) is 5.26 Å². The number of aromatic nitrogens is 2. The van der Waals surface area contributed by atoms with Gasteiger partial charge in [0.25, 0.3) is 0 Å². The Kier molecular flexibility index (Phi) is 5.72. The molecular weight excluding hydrogens is 428 g/mol. The Morgan fingerprint density at radius 3 is 2.42 bits per heavy atom. The molecule has 2 heterocycles. The number of fused-ring (bicyclic) bond motifs is 1. The molecule has 4 rings (SSSR count). The smallest absolute Gasteiger partial charge is 0.200 e. The molecule has 0 aliphatic rings. The van der Waals surface area contributed by atoms with E-state index in [0.717, 1.165) is 16.0 Å². The first-order chi connectivity index (χ1) is 14.9. The van der Waals surface area contributed by atoms with Gasteiger partial charge in [0.2, 0.25) is 9.84 Å². The van der Waals surface area contributed by atoms with Crippen LogP contribution in [0.2, 0.25) is 0 Å². The third kappa shape index (κ3) is 4.15. The molecule has 0 saturated heterocycles. The van der Waals surface area contributed by atoms with Gasteiger partial charge in [-0.3, -0.25) is 0 Å². The number of aryl methyl sites for hydroxylation is 2. The van der Waals surface area contributed by atoms with Gasteiger partial charge in [0, 0.05) is 4.88 Å². The SMILES string of the molecule is Cc1ccc(S(=O)(=O)C(C#N)c2nc3ccccc3nc2NCc2cccs2)cc1C. The van der Waals surface area contributed by atoms with Crippen molar-refractivity contribution < 1.29 is 8.42 Å². The normalized spacial score (nSPS) is 12.4. The lowest BCUT2D eigenvalue weighted by molar-refractivity contribution is 0.590. The van der Waals surface area contributed by atoms with E-state index >= 15 is 0 Å². The third-order valence-corrected chi connectivity index (χ3v) is 7.83. The second-order valence-corrected chi connectivity index (χ2v) is 10.2. The molecule has 0 aliphatic heterocycles. The molecule has 156 valence electrons. The average Bonchev–Trinajstić information content (AvgIpc) is 3.28. The molecule has 1 N–H and O–H groups in total. The van der Waals surface area contributed by atoms with E-state index in [0.29, 0.717) is 23.4 Å². The highest BCUT2D eigenvalue weighted by Crippen LogP contribution is 2.33. The molecule has 0 radical (unpaired) electrons. The lowest BCUT2D eigenvalue weighted by Gasteiger charge is -2.16. The molecule has 31 heavy (non-hydrogen) atoms. The van der Waals surface area contributed by atoms with Crippen LogP contribution in [0.5, 0.6) is 0 Å². The summed E-state index contributed by atoms with van der Waals surface area (Å²) in [5.41, 5.74) is 3.10.